The molecule has 0 bridgehead atoms. The molecular weight excluding hydrogens is 382 g/mol. The van der Waals surface area contributed by atoms with E-state index in [2.05, 4.69) is 9.72 Å². The number of ether oxygens (including phenoxy) is 4. The summed E-state index contributed by atoms with van der Waals surface area (Å²) in [5, 5.41) is 0.472. The van der Waals surface area contributed by atoms with Crippen LogP contribution < -0.4 is 9.47 Å². The van der Waals surface area contributed by atoms with Crippen LogP contribution in [-0.4, -0.2) is 53.8 Å². The molecule has 0 aromatic carbocycles. The molecule has 150 valence electrons. The van der Waals surface area contributed by atoms with Crippen molar-refractivity contribution < 1.29 is 23.7 Å². The van der Waals surface area contributed by atoms with Crippen molar-refractivity contribution in [2.75, 3.05) is 28.4 Å². The number of hydrogen-bond donors (Lipinski definition) is 0. The monoisotopic (exact) mass is 405 g/mol. The van der Waals surface area contributed by atoms with Crippen molar-refractivity contribution in [2.24, 2.45) is 0 Å². The number of rotatable bonds is 2. The molecule has 0 radical (unpaired) electrons. The predicted octanol–water partition coefficient (Wildman–Crippen LogP) is 3.47. The summed E-state index contributed by atoms with van der Waals surface area (Å²) >= 11 is 4.82. The van der Waals surface area contributed by atoms with E-state index < -0.39 is 0 Å². The molecule has 9 heteroatoms. The minimum absolute atomic E-state index is 0.361. The number of nitrogens with zero attached hydrogens (tertiary/aromatic N) is 3. The van der Waals surface area contributed by atoms with Gasteiger partial charge in [-0.2, -0.15) is 0 Å². The molecule has 0 unspecified atom stereocenters. The summed E-state index contributed by atoms with van der Waals surface area (Å²) in [6.45, 7) is 0. The van der Waals surface area contributed by atoms with Crippen LogP contribution in [0.3, 0.4) is 0 Å². The van der Waals surface area contributed by atoms with E-state index in [9.17, 15) is 4.79 Å². The van der Waals surface area contributed by atoms with Crippen molar-refractivity contribution in [1.29, 1.82) is 0 Å². The molecule has 28 heavy (non-hydrogen) atoms. The maximum atomic E-state index is 10.6. The zero-order valence-corrected chi connectivity index (χ0v) is 17.0. The number of methoxy groups -OCH3 is 4. The topological polar surface area (TPSA) is 76.7 Å². The predicted molar refractivity (Wildman–Crippen MR) is 109 cm³/mol. The summed E-state index contributed by atoms with van der Waals surface area (Å²) < 4.78 is 22.1. The highest BCUT2D eigenvalue weighted by atomic mass is 32.1. The Balaban J connectivity index is 0.000000210. The van der Waals surface area contributed by atoms with Gasteiger partial charge in [0.15, 0.2) is 5.75 Å². The lowest BCUT2D eigenvalue weighted by atomic mass is 10.4. The van der Waals surface area contributed by atoms with Gasteiger partial charge in [0.05, 0.1) is 28.4 Å². The molecule has 3 aromatic heterocycles. The number of pyridine rings is 1. The van der Waals surface area contributed by atoms with E-state index in [0.717, 1.165) is 0 Å². The Morgan fingerprint density at radius 3 is 1.86 bits per heavy atom. The maximum absolute atomic E-state index is 10.6. The standard InChI is InChI=1S/C7H9NO2.C6H7NO2.C6H7NOS/c1-9-6-4-3-5-8-7(6)10-2;1-9-6(8)7-4-2-3-5-7;1-8-6(9)7-4-2-3-5-7/h3-5H,1-2H3;2*2-5H,1H3. The summed E-state index contributed by atoms with van der Waals surface area (Å²) in [5.74, 6) is 1.18. The van der Waals surface area contributed by atoms with Crippen LogP contribution >= 0.6 is 12.2 Å². The minimum Gasteiger partial charge on any atom is -0.491 e. The van der Waals surface area contributed by atoms with Crippen molar-refractivity contribution >= 4 is 23.5 Å². The first-order valence-electron chi connectivity index (χ1n) is 8.02. The normalized spacial score (nSPS) is 9.00. The Bertz CT molecular complexity index is 751. The van der Waals surface area contributed by atoms with Gasteiger partial charge in [-0.3, -0.25) is 9.13 Å². The van der Waals surface area contributed by atoms with Gasteiger partial charge in [-0.1, -0.05) is 0 Å². The lowest BCUT2D eigenvalue weighted by Gasteiger charge is -2.03. The summed E-state index contributed by atoms with van der Waals surface area (Å²) in [4.78, 5) is 14.5. The first-order valence-corrected chi connectivity index (χ1v) is 8.43. The van der Waals surface area contributed by atoms with Crippen LogP contribution in [0, 0.1) is 0 Å². The molecule has 3 aromatic rings. The van der Waals surface area contributed by atoms with Crippen LogP contribution in [0.1, 0.15) is 0 Å². The van der Waals surface area contributed by atoms with Gasteiger partial charge in [-0.25, -0.2) is 9.78 Å². The second-order valence-corrected chi connectivity index (χ2v) is 5.18. The minimum atomic E-state index is -0.361. The average Bonchev–Trinajstić information content (AvgIpc) is 3.47. The third-order valence-corrected chi connectivity index (χ3v) is 3.51. The zero-order chi connectivity index (χ0) is 20.8. The molecule has 3 rings (SSSR count). The summed E-state index contributed by atoms with van der Waals surface area (Å²) in [6, 6.07) is 10.9. The smallest absolute Gasteiger partial charge is 0.417 e. The number of aromatic nitrogens is 3. The number of carbonyl (C=O) groups excluding carboxylic acids is 1. The summed E-state index contributed by atoms with van der Waals surface area (Å²) in [7, 11) is 6.05. The zero-order valence-electron chi connectivity index (χ0n) is 16.1. The van der Waals surface area contributed by atoms with Gasteiger partial charge in [0, 0.05) is 31.0 Å². The average molecular weight is 405 g/mol. The van der Waals surface area contributed by atoms with Crippen LogP contribution in [0.4, 0.5) is 4.79 Å². The third kappa shape index (κ3) is 7.50. The fourth-order valence-electron chi connectivity index (χ4n) is 1.81. The first kappa shape index (κ1) is 22.7. The van der Waals surface area contributed by atoms with Crippen molar-refractivity contribution in [2.45, 2.75) is 0 Å². The van der Waals surface area contributed by atoms with Gasteiger partial charge in [-0.05, 0) is 48.6 Å². The molecule has 0 aliphatic carbocycles. The molecule has 0 spiro atoms. The van der Waals surface area contributed by atoms with Crippen molar-refractivity contribution in [3.8, 4) is 11.6 Å². The highest BCUT2D eigenvalue weighted by Crippen LogP contribution is 2.21. The van der Waals surface area contributed by atoms with Crippen molar-refractivity contribution in [3.63, 3.8) is 0 Å². The Kier molecular flexibility index (Phi) is 10.5. The number of carbonyl (C=O) groups is 1. The lowest BCUT2D eigenvalue weighted by Crippen LogP contribution is -2.07. The molecule has 3 heterocycles. The summed E-state index contributed by atoms with van der Waals surface area (Å²) in [6.07, 6.45) is 8.23. The van der Waals surface area contributed by atoms with Crippen LogP contribution in [0.2, 0.25) is 0 Å². The second-order valence-electron chi connectivity index (χ2n) is 4.84. The second kappa shape index (κ2) is 12.9. The SMILES string of the molecule is COC(=O)n1cccc1.COC(=S)n1cccc1.COc1cccnc1OC. The lowest BCUT2D eigenvalue weighted by molar-refractivity contribution is 0.173. The Labute approximate surface area is 169 Å². The highest BCUT2D eigenvalue weighted by molar-refractivity contribution is 7.80. The fourth-order valence-corrected chi connectivity index (χ4v) is 1.93. The Hall–Kier alpha value is -3.33. The van der Waals surface area contributed by atoms with E-state index in [0.29, 0.717) is 16.8 Å². The largest absolute Gasteiger partial charge is 0.491 e. The molecule has 0 atom stereocenters. The van der Waals surface area contributed by atoms with Gasteiger partial charge in [-0.15, -0.1) is 0 Å². The van der Waals surface area contributed by atoms with E-state index in [-0.39, 0.29) is 6.09 Å². The van der Waals surface area contributed by atoms with Gasteiger partial charge in [0.1, 0.15) is 0 Å². The number of hydrogen-bond acceptors (Lipinski definition) is 7. The van der Waals surface area contributed by atoms with Gasteiger partial charge in [0.25, 0.3) is 11.1 Å². The molecule has 0 saturated heterocycles. The molecule has 0 aliphatic rings. The van der Waals surface area contributed by atoms with Crippen LogP contribution in [0.25, 0.3) is 0 Å². The van der Waals surface area contributed by atoms with Gasteiger partial charge in [0.2, 0.25) is 0 Å². The van der Waals surface area contributed by atoms with Crippen molar-refractivity contribution in [1.82, 2.24) is 14.1 Å². The van der Waals surface area contributed by atoms with E-state index >= 15 is 0 Å². The summed E-state index contributed by atoms with van der Waals surface area (Å²) in [5.41, 5.74) is 0. The first-order chi connectivity index (χ1) is 13.6. The van der Waals surface area contributed by atoms with Gasteiger partial charge < -0.3 is 18.9 Å². The van der Waals surface area contributed by atoms with E-state index in [1.165, 1.54) is 11.7 Å². The molecule has 0 fully saturated rings. The molecule has 0 aliphatic heterocycles. The Morgan fingerprint density at radius 2 is 1.43 bits per heavy atom. The Morgan fingerprint density at radius 1 is 0.857 bits per heavy atom. The van der Waals surface area contributed by atoms with Crippen molar-refractivity contribution in [3.05, 3.63) is 67.4 Å². The highest BCUT2D eigenvalue weighted by Gasteiger charge is 1.99. The van der Waals surface area contributed by atoms with E-state index in [4.69, 9.17) is 26.4 Å². The van der Waals surface area contributed by atoms with Crippen LogP contribution in [0.5, 0.6) is 11.6 Å². The fraction of sp³-hybridized carbons (Fsp3) is 0.211. The molecular formula is C19H23N3O5S. The molecule has 8 nitrogen and oxygen atoms in total. The third-order valence-electron chi connectivity index (χ3n) is 3.13. The molecule has 0 N–H and O–H groups in total. The molecule has 0 saturated carbocycles. The van der Waals surface area contributed by atoms with Crippen LogP contribution in [-0.2, 0) is 9.47 Å². The quantitative estimate of drug-likeness (QED) is 0.604. The van der Waals surface area contributed by atoms with Crippen LogP contribution in [0.15, 0.2) is 67.4 Å². The molecule has 0 amide bonds. The maximum Gasteiger partial charge on any atom is 0.417 e. The van der Waals surface area contributed by atoms with E-state index in [1.54, 1.807) is 68.8 Å². The van der Waals surface area contributed by atoms with Gasteiger partial charge >= 0.3 is 6.09 Å². The number of thiocarbonyl (C=S) groups is 1. The van der Waals surface area contributed by atoms with E-state index in [1.807, 2.05) is 24.5 Å².